The van der Waals surface area contributed by atoms with Crippen LogP contribution >= 0.6 is 11.8 Å². The summed E-state index contributed by atoms with van der Waals surface area (Å²) in [7, 11) is 1.72. The lowest BCUT2D eigenvalue weighted by molar-refractivity contribution is -0.486. The van der Waals surface area contributed by atoms with Crippen molar-refractivity contribution in [2.75, 3.05) is 26.4 Å². The number of hydrazone groups is 1. The van der Waals surface area contributed by atoms with Crippen molar-refractivity contribution in [1.82, 2.24) is 19.6 Å². The van der Waals surface area contributed by atoms with Gasteiger partial charge >= 0.3 is 0 Å². The maximum atomic E-state index is 10.8. The molecule has 0 N–H and O–H groups in total. The average molecular weight is 384 g/mol. The van der Waals surface area contributed by atoms with E-state index >= 15 is 0 Å². The number of guanidine groups is 1. The van der Waals surface area contributed by atoms with Crippen LogP contribution in [0.3, 0.4) is 0 Å². The normalized spacial score (nSPS) is 15.7. The molecular weight excluding hydrogens is 368 g/mol. The SMILES string of the molecule is CSc1nn(-c2ccccc2)c(/N=C/N2CCN(C)/C2=N\[N+](=O)[O-])c1C#N. The second-order valence-corrected chi connectivity index (χ2v) is 6.36. The largest absolute Gasteiger partial charge is 0.339 e. The molecule has 0 amide bonds. The van der Waals surface area contributed by atoms with Gasteiger partial charge in [-0.05, 0) is 18.4 Å². The number of aromatic nitrogens is 2. The molecule has 0 bridgehead atoms. The summed E-state index contributed by atoms with van der Waals surface area (Å²) in [6.45, 7) is 1.08. The fourth-order valence-electron chi connectivity index (χ4n) is 2.62. The third-order valence-corrected chi connectivity index (χ3v) is 4.57. The topological polar surface area (TPSA) is 116 Å². The Hall–Kier alpha value is -3.39. The first-order chi connectivity index (χ1) is 13.0. The summed E-state index contributed by atoms with van der Waals surface area (Å²) in [5.41, 5.74) is 1.11. The smallest absolute Gasteiger partial charge is 0.279 e. The van der Waals surface area contributed by atoms with Crippen LogP contribution in [0.25, 0.3) is 5.69 Å². The minimum atomic E-state index is -0.737. The van der Waals surface area contributed by atoms with Gasteiger partial charge in [0, 0.05) is 20.1 Å². The van der Waals surface area contributed by atoms with E-state index in [1.54, 1.807) is 21.5 Å². The van der Waals surface area contributed by atoms with E-state index in [9.17, 15) is 15.4 Å². The molecule has 0 radical (unpaired) electrons. The number of para-hydroxylation sites is 1. The lowest BCUT2D eigenvalue weighted by Gasteiger charge is -2.12. The van der Waals surface area contributed by atoms with Gasteiger partial charge in [0.15, 0.2) is 10.9 Å². The van der Waals surface area contributed by atoms with Crippen molar-refractivity contribution >= 4 is 29.9 Å². The van der Waals surface area contributed by atoms with Crippen molar-refractivity contribution in [2.24, 2.45) is 10.1 Å². The Labute approximate surface area is 159 Å². The highest BCUT2D eigenvalue weighted by atomic mass is 32.2. The van der Waals surface area contributed by atoms with Gasteiger partial charge < -0.3 is 4.90 Å². The van der Waals surface area contributed by atoms with Crippen LogP contribution in [0.4, 0.5) is 5.82 Å². The van der Waals surface area contributed by atoms with Crippen LogP contribution < -0.4 is 0 Å². The molecule has 1 aliphatic heterocycles. The fourth-order valence-corrected chi connectivity index (χ4v) is 3.12. The highest BCUT2D eigenvalue weighted by molar-refractivity contribution is 7.98. The number of likely N-dealkylation sites (N-methyl/N-ethyl adjacent to an activating group) is 1. The van der Waals surface area contributed by atoms with Crippen molar-refractivity contribution in [1.29, 1.82) is 5.26 Å². The Morgan fingerprint density at radius 2 is 2.11 bits per heavy atom. The standard InChI is InChI=1S/C16H16N8O2S/c1-21-8-9-22(16(21)20-24(25)26)11-18-14-13(10-17)15(27-2)19-23(14)12-6-4-3-5-7-12/h3-7,11H,8-9H2,1-2H3/b18-11+,20-16+. The molecule has 138 valence electrons. The molecule has 0 unspecified atom stereocenters. The number of nitriles is 1. The van der Waals surface area contributed by atoms with Crippen molar-refractivity contribution < 1.29 is 5.03 Å². The highest BCUT2D eigenvalue weighted by Gasteiger charge is 2.26. The van der Waals surface area contributed by atoms with Gasteiger partial charge in [-0.3, -0.25) is 4.90 Å². The third-order valence-electron chi connectivity index (χ3n) is 3.90. The Balaban J connectivity index is 2.04. The van der Waals surface area contributed by atoms with Gasteiger partial charge in [-0.1, -0.05) is 18.2 Å². The zero-order valence-electron chi connectivity index (χ0n) is 14.7. The van der Waals surface area contributed by atoms with Crippen molar-refractivity contribution in [3.05, 3.63) is 46.0 Å². The van der Waals surface area contributed by atoms with Crippen molar-refractivity contribution in [3.63, 3.8) is 0 Å². The van der Waals surface area contributed by atoms with Crippen molar-refractivity contribution in [2.45, 2.75) is 5.03 Å². The Bertz CT molecular complexity index is 947. The van der Waals surface area contributed by atoms with Gasteiger partial charge in [0.2, 0.25) is 0 Å². The van der Waals surface area contributed by atoms with E-state index in [2.05, 4.69) is 21.3 Å². The molecule has 10 nitrogen and oxygen atoms in total. The van der Waals surface area contributed by atoms with Gasteiger partial charge in [-0.25, -0.2) is 19.8 Å². The average Bonchev–Trinajstić information content (AvgIpc) is 3.20. The summed E-state index contributed by atoms with van der Waals surface area (Å²) in [4.78, 5) is 18.4. The van der Waals surface area contributed by atoms with E-state index in [-0.39, 0.29) is 5.96 Å². The number of nitrogens with zero attached hydrogens (tertiary/aromatic N) is 8. The first-order valence-electron chi connectivity index (χ1n) is 7.92. The van der Waals surface area contributed by atoms with E-state index in [4.69, 9.17) is 0 Å². The molecule has 0 saturated carbocycles. The number of nitro groups is 1. The summed E-state index contributed by atoms with van der Waals surface area (Å²) in [6, 6.07) is 11.5. The Morgan fingerprint density at radius 3 is 2.74 bits per heavy atom. The summed E-state index contributed by atoms with van der Waals surface area (Å²) in [5, 5.41) is 28.0. The number of aliphatic imine (C=N–C) groups is 1. The molecule has 0 spiro atoms. The predicted octanol–water partition coefficient (Wildman–Crippen LogP) is 1.92. The summed E-state index contributed by atoms with van der Waals surface area (Å²) in [5.74, 6) is 0.557. The molecule has 1 saturated heterocycles. The van der Waals surface area contributed by atoms with E-state index in [0.717, 1.165) is 5.69 Å². The van der Waals surface area contributed by atoms with Crippen LogP contribution in [-0.2, 0) is 0 Å². The first-order valence-corrected chi connectivity index (χ1v) is 9.15. The molecule has 2 aromatic rings. The molecule has 3 rings (SSSR count). The van der Waals surface area contributed by atoms with Crippen LogP contribution in [-0.4, -0.2) is 63.3 Å². The van der Waals surface area contributed by atoms with Gasteiger partial charge in [0.25, 0.3) is 5.96 Å². The van der Waals surface area contributed by atoms with Crippen LogP contribution in [0.5, 0.6) is 0 Å². The minimum absolute atomic E-state index is 0.193. The minimum Gasteiger partial charge on any atom is -0.339 e. The summed E-state index contributed by atoms with van der Waals surface area (Å²) in [6.07, 6.45) is 3.29. The zero-order chi connectivity index (χ0) is 19.4. The molecule has 1 fully saturated rings. The first kappa shape index (κ1) is 18.4. The van der Waals surface area contributed by atoms with E-state index < -0.39 is 5.03 Å². The quantitative estimate of drug-likeness (QED) is 0.254. The predicted molar refractivity (Wildman–Crippen MR) is 102 cm³/mol. The molecule has 0 aliphatic carbocycles. The number of rotatable bonds is 5. The van der Waals surface area contributed by atoms with Crippen LogP contribution in [0.1, 0.15) is 5.56 Å². The van der Waals surface area contributed by atoms with Crippen LogP contribution in [0, 0.1) is 21.4 Å². The number of thioether (sulfide) groups is 1. The van der Waals surface area contributed by atoms with Gasteiger partial charge in [-0.15, -0.1) is 11.8 Å². The maximum absolute atomic E-state index is 10.8. The molecule has 1 aromatic heterocycles. The summed E-state index contributed by atoms with van der Waals surface area (Å²) >= 11 is 1.35. The molecule has 0 atom stereocenters. The molecule has 1 aromatic carbocycles. The maximum Gasteiger partial charge on any atom is 0.279 e. The number of hydrogen-bond acceptors (Lipinski definition) is 6. The lowest BCUT2D eigenvalue weighted by Crippen LogP contribution is -2.31. The van der Waals surface area contributed by atoms with E-state index in [1.807, 2.05) is 36.6 Å². The van der Waals surface area contributed by atoms with Gasteiger partial charge in [0.1, 0.15) is 28.1 Å². The molecule has 1 aliphatic rings. The molecule has 11 heteroatoms. The number of benzene rings is 1. The molecule has 27 heavy (non-hydrogen) atoms. The second-order valence-electron chi connectivity index (χ2n) is 5.56. The van der Waals surface area contributed by atoms with Crippen LogP contribution in [0.15, 0.2) is 45.5 Å². The molecular formula is C16H16N8O2S. The van der Waals surface area contributed by atoms with Crippen molar-refractivity contribution in [3.8, 4) is 11.8 Å². The van der Waals surface area contributed by atoms with Gasteiger partial charge in [0.05, 0.1) is 5.69 Å². The summed E-state index contributed by atoms with van der Waals surface area (Å²) < 4.78 is 1.59. The zero-order valence-corrected chi connectivity index (χ0v) is 15.5. The van der Waals surface area contributed by atoms with E-state index in [1.165, 1.54) is 18.1 Å². The van der Waals surface area contributed by atoms with E-state index in [0.29, 0.717) is 29.5 Å². The van der Waals surface area contributed by atoms with Gasteiger partial charge in [-0.2, -0.15) is 10.4 Å². The van der Waals surface area contributed by atoms with Crippen LogP contribution in [0.2, 0.25) is 0 Å². The highest BCUT2D eigenvalue weighted by Crippen LogP contribution is 2.30. The lowest BCUT2D eigenvalue weighted by atomic mass is 10.3. The molecule has 2 heterocycles. The third kappa shape index (κ3) is 3.75. The monoisotopic (exact) mass is 384 g/mol. The fraction of sp³-hybridized carbons (Fsp3) is 0.250. The second kappa shape index (κ2) is 7.88. The Morgan fingerprint density at radius 1 is 1.37 bits per heavy atom. The number of hydrogen-bond donors (Lipinski definition) is 0. The Kier molecular flexibility index (Phi) is 5.37.